The lowest BCUT2D eigenvalue weighted by Gasteiger charge is -2.11. The Bertz CT molecular complexity index is 1070. The standard InChI is InChI=1S/C21H21N3O8/c1-30-17-9-15(16(24(28)29)10-18(17)31-2)21(27)32-11-19(25)22-14-5-3-4-12(8-14)20(26)23-13-6-7-13/h3-5,8-10,13H,6-7,11H2,1-2H3,(H,22,25)(H,23,26). The van der Waals surface area contributed by atoms with Crippen LogP contribution in [-0.4, -0.2) is 49.6 Å². The lowest BCUT2D eigenvalue weighted by molar-refractivity contribution is -0.385. The van der Waals surface area contributed by atoms with Gasteiger partial charge in [0.25, 0.3) is 17.5 Å². The Morgan fingerprint density at radius 1 is 1.09 bits per heavy atom. The molecule has 0 heterocycles. The maximum Gasteiger partial charge on any atom is 0.345 e. The second-order valence-electron chi connectivity index (χ2n) is 6.93. The Hall–Kier alpha value is -4.15. The molecule has 0 radical (unpaired) electrons. The summed E-state index contributed by atoms with van der Waals surface area (Å²) in [6.07, 6.45) is 1.90. The van der Waals surface area contributed by atoms with Gasteiger partial charge in [-0.3, -0.25) is 19.7 Å². The summed E-state index contributed by atoms with van der Waals surface area (Å²) in [5.74, 6) is -1.84. The van der Waals surface area contributed by atoms with Crippen LogP contribution in [-0.2, 0) is 9.53 Å². The summed E-state index contributed by atoms with van der Waals surface area (Å²) in [7, 11) is 2.61. The van der Waals surface area contributed by atoms with Crippen LogP contribution in [0.4, 0.5) is 11.4 Å². The number of nitro groups is 1. The van der Waals surface area contributed by atoms with Crippen molar-refractivity contribution in [1.82, 2.24) is 5.32 Å². The molecular weight excluding hydrogens is 422 g/mol. The SMILES string of the molecule is COc1cc(C(=O)OCC(=O)Nc2cccc(C(=O)NC3CC3)c2)c([N+](=O)[O-])cc1OC. The van der Waals surface area contributed by atoms with E-state index in [0.717, 1.165) is 25.0 Å². The molecule has 168 valence electrons. The van der Waals surface area contributed by atoms with Crippen molar-refractivity contribution in [2.45, 2.75) is 18.9 Å². The molecule has 0 aliphatic heterocycles. The molecule has 1 saturated carbocycles. The zero-order chi connectivity index (χ0) is 23.3. The third-order valence-corrected chi connectivity index (χ3v) is 4.57. The molecule has 3 rings (SSSR count). The number of nitro benzene ring substituents is 1. The van der Waals surface area contributed by atoms with E-state index in [2.05, 4.69) is 10.6 Å². The third-order valence-electron chi connectivity index (χ3n) is 4.57. The first-order chi connectivity index (χ1) is 15.3. The molecule has 2 N–H and O–H groups in total. The lowest BCUT2D eigenvalue weighted by atomic mass is 10.1. The molecule has 0 saturated heterocycles. The van der Waals surface area contributed by atoms with E-state index in [1.807, 2.05) is 0 Å². The smallest absolute Gasteiger partial charge is 0.345 e. The van der Waals surface area contributed by atoms with Crippen molar-refractivity contribution >= 4 is 29.2 Å². The fraction of sp³-hybridized carbons (Fsp3) is 0.286. The minimum Gasteiger partial charge on any atom is -0.493 e. The number of carbonyl (C=O) groups excluding carboxylic acids is 3. The Morgan fingerprint density at radius 2 is 1.78 bits per heavy atom. The molecule has 1 aliphatic rings. The summed E-state index contributed by atoms with van der Waals surface area (Å²) < 4.78 is 15.0. The summed E-state index contributed by atoms with van der Waals surface area (Å²) in [6, 6.07) is 8.64. The van der Waals surface area contributed by atoms with Crippen LogP contribution in [0.15, 0.2) is 36.4 Å². The van der Waals surface area contributed by atoms with Crippen LogP contribution in [0.3, 0.4) is 0 Å². The van der Waals surface area contributed by atoms with Gasteiger partial charge < -0.3 is 24.8 Å². The van der Waals surface area contributed by atoms with Crippen LogP contribution in [0.5, 0.6) is 11.5 Å². The topological polar surface area (TPSA) is 146 Å². The second-order valence-corrected chi connectivity index (χ2v) is 6.93. The summed E-state index contributed by atoms with van der Waals surface area (Å²) >= 11 is 0. The van der Waals surface area contributed by atoms with Gasteiger partial charge >= 0.3 is 5.97 Å². The second kappa shape index (κ2) is 9.77. The van der Waals surface area contributed by atoms with Gasteiger partial charge in [0.2, 0.25) is 0 Å². The zero-order valence-electron chi connectivity index (χ0n) is 17.4. The third kappa shape index (κ3) is 5.50. The van der Waals surface area contributed by atoms with Gasteiger partial charge in [0.1, 0.15) is 5.56 Å². The van der Waals surface area contributed by atoms with Gasteiger partial charge in [-0.15, -0.1) is 0 Å². The molecule has 0 aromatic heterocycles. The number of ether oxygens (including phenoxy) is 3. The number of anilines is 1. The number of carbonyl (C=O) groups is 3. The van der Waals surface area contributed by atoms with Crippen molar-refractivity contribution in [3.8, 4) is 11.5 Å². The highest BCUT2D eigenvalue weighted by Gasteiger charge is 2.26. The zero-order valence-corrected chi connectivity index (χ0v) is 17.4. The van der Waals surface area contributed by atoms with Crippen molar-refractivity contribution in [3.05, 3.63) is 57.6 Å². The number of methoxy groups -OCH3 is 2. The van der Waals surface area contributed by atoms with Crippen molar-refractivity contribution < 1.29 is 33.5 Å². The molecule has 1 fully saturated rings. The molecule has 0 unspecified atom stereocenters. The minimum atomic E-state index is -1.08. The fourth-order valence-electron chi connectivity index (χ4n) is 2.82. The first-order valence-electron chi connectivity index (χ1n) is 9.60. The van der Waals surface area contributed by atoms with Crippen LogP contribution in [0, 0.1) is 10.1 Å². The van der Waals surface area contributed by atoms with Gasteiger partial charge in [0.15, 0.2) is 18.1 Å². The normalized spacial score (nSPS) is 12.4. The summed E-state index contributed by atoms with van der Waals surface area (Å²) in [4.78, 5) is 47.3. The first-order valence-corrected chi connectivity index (χ1v) is 9.60. The van der Waals surface area contributed by atoms with E-state index in [1.165, 1.54) is 20.3 Å². The minimum absolute atomic E-state index is 0.0686. The molecule has 32 heavy (non-hydrogen) atoms. The molecule has 0 spiro atoms. The Labute approximate surface area is 182 Å². The molecule has 1 aliphatic carbocycles. The van der Waals surface area contributed by atoms with Crippen LogP contribution in [0.2, 0.25) is 0 Å². The van der Waals surface area contributed by atoms with E-state index < -0.39 is 29.1 Å². The van der Waals surface area contributed by atoms with Gasteiger partial charge in [-0.2, -0.15) is 0 Å². The van der Waals surface area contributed by atoms with Crippen LogP contribution >= 0.6 is 0 Å². The van der Waals surface area contributed by atoms with Crippen molar-refractivity contribution in [2.75, 3.05) is 26.1 Å². The predicted octanol–water partition coefficient (Wildman–Crippen LogP) is 2.30. The summed E-state index contributed by atoms with van der Waals surface area (Å²) in [5, 5.41) is 16.7. The summed E-state index contributed by atoms with van der Waals surface area (Å²) in [5.41, 5.74) is -0.221. The molecule has 0 atom stereocenters. The molecule has 2 amide bonds. The van der Waals surface area contributed by atoms with Gasteiger partial charge in [-0.25, -0.2) is 4.79 Å². The van der Waals surface area contributed by atoms with Gasteiger partial charge in [-0.1, -0.05) is 6.07 Å². The van der Waals surface area contributed by atoms with Crippen molar-refractivity contribution in [3.63, 3.8) is 0 Å². The predicted molar refractivity (Wildman–Crippen MR) is 112 cm³/mol. The van der Waals surface area contributed by atoms with Gasteiger partial charge in [0, 0.05) is 23.4 Å². The molecule has 11 heteroatoms. The van der Waals surface area contributed by atoms with Crippen LogP contribution < -0.4 is 20.1 Å². The maximum atomic E-state index is 12.4. The van der Waals surface area contributed by atoms with E-state index in [0.29, 0.717) is 11.3 Å². The number of nitrogens with one attached hydrogen (secondary N) is 2. The highest BCUT2D eigenvalue weighted by Crippen LogP contribution is 2.34. The largest absolute Gasteiger partial charge is 0.493 e. The van der Waals surface area contributed by atoms with Crippen molar-refractivity contribution in [2.24, 2.45) is 0 Å². The maximum absolute atomic E-state index is 12.4. The number of hydrogen-bond donors (Lipinski definition) is 2. The Morgan fingerprint density at radius 3 is 2.41 bits per heavy atom. The van der Waals surface area contributed by atoms with Gasteiger partial charge in [0.05, 0.1) is 25.2 Å². The molecule has 0 bridgehead atoms. The molecule has 2 aromatic rings. The number of hydrogen-bond acceptors (Lipinski definition) is 8. The first kappa shape index (κ1) is 22.5. The molecule has 2 aromatic carbocycles. The quantitative estimate of drug-likeness (QED) is 0.341. The van der Waals surface area contributed by atoms with Gasteiger partial charge in [-0.05, 0) is 31.0 Å². The number of rotatable bonds is 9. The fourth-order valence-corrected chi connectivity index (χ4v) is 2.82. The highest BCUT2D eigenvalue weighted by molar-refractivity contribution is 5.99. The van der Waals surface area contributed by atoms with E-state index in [1.54, 1.807) is 18.2 Å². The van der Waals surface area contributed by atoms with Crippen LogP contribution in [0.25, 0.3) is 0 Å². The van der Waals surface area contributed by atoms with E-state index in [-0.39, 0.29) is 29.0 Å². The Balaban J connectivity index is 1.64. The highest BCUT2D eigenvalue weighted by atomic mass is 16.6. The average Bonchev–Trinajstić information content (AvgIpc) is 3.60. The number of amides is 2. The average molecular weight is 443 g/mol. The van der Waals surface area contributed by atoms with E-state index >= 15 is 0 Å². The van der Waals surface area contributed by atoms with E-state index in [9.17, 15) is 24.5 Å². The lowest BCUT2D eigenvalue weighted by Crippen LogP contribution is -2.25. The molecular formula is C21H21N3O8. The molecule has 11 nitrogen and oxygen atoms in total. The van der Waals surface area contributed by atoms with Crippen molar-refractivity contribution in [1.29, 1.82) is 0 Å². The monoisotopic (exact) mass is 443 g/mol. The Kier molecular flexibility index (Phi) is 6.88. The van der Waals surface area contributed by atoms with Crippen LogP contribution in [0.1, 0.15) is 33.6 Å². The number of esters is 1. The van der Waals surface area contributed by atoms with E-state index in [4.69, 9.17) is 14.2 Å². The number of benzene rings is 2. The summed E-state index contributed by atoms with van der Waals surface area (Å²) in [6.45, 7) is -0.692. The number of nitrogens with zero attached hydrogens (tertiary/aromatic N) is 1.